The van der Waals surface area contributed by atoms with E-state index in [0.717, 1.165) is 31.5 Å². The lowest BCUT2D eigenvalue weighted by Crippen LogP contribution is -2.40. The van der Waals surface area contributed by atoms with Gasteiger partial charge < -0.3 is 15.7 Å². The third kappa shape index (κ3) is 2.48. The average molecular weight is 252 g/mol. The predicted octanol–water partition coefficient (Wildman–Crippen LogP) is 0.535. The summed E-state index contributed by atoms with van der Waals surface area (Å²) in [5.74, 6) is 0.272. The van der Waals surface area contributed by atoms with Crippen LogP contribution in [0.4, 0.5) is 5.69 Å². The molecule has 0 bridgehead atoms. The first-order chi connectivity index (χ1) is 8.63. The van der Waals surface area contributed by atoms with Crippen LogP contribution in [0.5, 0.6) is 0 Å². The van der Waals surface area contributed by atoms with Gasteiger partial charge in [-0.05, 0) is 32.1 Å². The van der Waals surface area contributed by atoms with Crippen LogP contribution in [-0.2, 0) is 0 Å². The van der Waals surface area contributed by atoms with E-state index in [1.807, 2.05) is 0 Å². The zero-order chi connectivity index (χ0) is 13.1. The van der Waals surface area contributed by atoms with E-state index in [2.05, 4.69) is 10.2 Å². The van der Waals surface area contributed by atoms with Crippen LogP contribution in [0, 0.1) is 12.8 Å². The molecule has 1 aromatic heterocycles. The first-order valence-electron chi connectivity index (χ1n) is 6.34. The Labute approximate surface area is 106 Å². The van der Waals surface area contributed by atoms with Gasteiger partial charge in [-0.15, -0.1) is 0 Å². The molecule has 0 spiro atoms. The molecule has 18 heavy (non-hydrogen) atoms. The molecule has 2 heterocycles. The number of aromatic amines is 1. The predicted molar refractivity (Wildman–Crippen MR) is 68.1 cm³/mol. The normalized spacial score (nSPS) is 20.1. The number of nitrogen functional groups attached to an aromatic ring is 1. The fourth-order valence-electron chi connectivity index (χ4n) is 2.42. The first-order valence-corrected chi connectivity index (χ1v) is 6.34. The number of aliphatic hydroxyl groups is 1. The van der Waals surface area contributed by atoms with Crippen molar-refractivity contribution >= 4 is 11.6 Å². The monoisotopic (exact) mass is 252 g/mol. The number of aromatic nitrogens is 2. The van der Waals surface area contributed by atoms with Gasteiger partial charge in [0.15, 0.2) is 5.69 Å². The summed E-state index contributed by atoms with van der Waals surface area (Å²) in [5.41, 5.74) is 7.30. The second kappa shape index (κ2) is 5.39. The Morgan fingerprint density at radius 2 is 2.44 bits per heavy atom. The lowest BCUT2D eigenvalue weighted by atomic mass is 9.95. The number of aryl methyl sites for hydroxylation is 1. The highest BCUT2D eigenvalue weighted by atomic mass is 16.3. The van der Waals surface area contributed by atoms with Crippen molar-refractivity contribution in [2.45, 2.75) is 26.2 Å². The lowest BCUT2D eigenvalue weighted by molar-refractivity contribution is 0.0649. The Hall–Kier alpha value is -1.56. The number of hydrogen-bond acceptors (Lipinski definition) is 4. The highest BCUT2D eigenvalue weighted by Gasteiger charge is 2.27. The molecule has 0 saturated carbocycles. The number of anilines is 1. The molecule has 1 fully saturated rings. The number of hydrogen-bond donors (Lipinski definition) is 3. The Balaban J connectivity index is 2.07. The van der Waals surface area contributed by atoms with Gasteiger partial charge in [0.1, 0.15) is 0 Å². The van der Waals surface area contributed by atoms with Crippen LogP contribution in [0.3, 0.4) is 0 Å². The molecular weight excluding hydrogens is 232 g/mol. The summed E-state index contributed by atoms with van der Waals surface area (Å²) >= 11 is 0. The lowest BCUT2D eigenvalue weighted by Gasteiger charge is -2.32. The SMILES string of the molecule is Cc1[nH]nc(C(=O)N2CCCC(CCO)C2)c1N. The van der Waals surface area contributed by atoms with Crippen molar-refractivity contribution < 1.29 is 9.90 Å². The third-order valence-corrected chi connectivity index (χ3v) is 3.54. The summed E-state index contributed by atoms with van der Waals surface area (Å²) in [5, 5.41) is 15.7. The van der Waals surface area contributed by atoms with Crippen LogP contribution in [-0.4, -0.2) is 45.8 Å². The highest BCUT2D eigenvalue weighted by Crippen LogP contribution is 2.22. The van der Waals surface area contributed by atoms with Crippen LogP contribution in [0.1, 0.15) is 35.4 Å². The molecule has 100 valence electrons. The molecular formula is C12H20N4O2. The van der Waals surface area contributed by atoms with E-state index in [-0.39, 0.29) is 12.5 Å². The zero-order valence-electron chi connectivity index (χ0n) is 10.6. The molecule has 0 aromatic carbocycles. The topological polar surface area (TPSA) is 95.2 Å². The number of carbonyl (C=O) groups excluding carboxylic acids is 1. The van der Waals surface area contributed by atoms with E-state index >= 15 is 0 Å². The van der Waals surface area contributed by atoms with Gasteiger partial charge in [-0.3, -0.25) is 9.89 Å². The summed E-state index contributed by atoms with van der Waals surface area (Å²) in [6.07, 6.45) is 2.79. The first kappa shape index (κ1) is 12.9. The van der Waals surface area contributed by atoms with Crippen molar-refractivity contribution in [1.82, 2.24) is 15.1 Å². The molecule has 1 aliphatic heterocycles. The maximum absolute atomic E-state index is 12.3. The Bertz CT molecular complexity index is 428. The van der Waals surface area contributed by atoms with Gasteiger partial charge in [-0.1, -0.05) is 0 Å². The fourth-order valence-corrected chi connectivity index (χ4v) is 2.42. The molecule has 1 atom stereocenters. The van der Waals surface area contributed by atoms with E-state index in [4.69, 9.17) is 10.8 Å². The van der Waals surface area contributed by atoms with Crippen LogP contribution in [0.25, 0.3) is 0 Å². The molecule has 1 amide bonds. The van der Waals surface area contributed by atoms with Crippen molar-refractivity contribution in [3.8, 4) is 0 Å². The molecule has 1 unspecified atom stereocenters. The van der Waals surface area contributed by atoms with E-state index < -0.39 is 0 Å². The number of piperidine rings is 1. The summed E-state index contributed by atoms with van der Waals surface area (Å²) in [6, 6.07) is 0. The Kier molecular flexibility index (Phi) is 3.86. The number of nitrogens with zero attached hydrogens (tertiary/aromatic N) is 2. The second-order valence-electron chi connectivity index (χ2n) is 4.88. The van der Waals surface area contributed by atoms with E-state index in [1.165, 1.54) is 0 Å². The molecule has 1 aromatic rings. The van der Waals surface area contributed by atoms with Crippen molar-refractivity contribution in [3.63, 3.8) is 0 Å². The summed E-state index contributed by atoms with van der Waals surface area (Å²) in [4.78, 5) is 14.1. The quantitative estimate of drug-likeness (QED) is 0.731. The molecule has 1 aliphatic rings. The van der Waals surface area contributed by atoms with E-state index in [1.54, 1.807) is 11.8 Å². The van der Waals surface area contributed by atoms with Gasteiger partial charge in [0, 0.05) is 19.7 Å². The van der Waals surface area contributed by atoms with Gasteiger partial charge in [-0.25, -0.2) is 0 Å². The number of amides is 1. The summed E-state index contributed by atoms with van der Waals surface area (Å²) < 4.78 is 0. The number of aliphatic hydroxyl groups excluding tert-OH is 1. The standard InChI is InChI=1S/C12H20N4O2/c1-8-10(13)11(15-14-8)12(18)16-5-2-3-9(7-16)4-6-17/h9,17H,2-7,13H2,1H3,(H,14,15). The number of nitrogens with one attached hydrogen (secondary N) is 1. The average Bonchev–Trinajstić information content (AvgIpc) is 2.70. The Morgan fingerprint density at radius 3 is 3.06 bits per heavy atom. The number of H-pyrrole nitrogens is 1. The third-order valence-electron chi connectivity index (χ3n) is 3.54. The molecule has 6 heteroatoms. The smallest absolute Gasteiger partial charge is 0.276 e. The minimum atomic E-state index is -0.112. The zero-order valence-corrected chi connectivity index (χ0v) is 10.6. The van der Waals surface area contributed by atoms with E-state index in [0.29, 0.717) is 23.8 Å². The molecule has 0 radical (unpaired) electrons. The van der Waals surface area contributed by atoms with Crippen LogP contribution < -0.4 is 5.73 Å². The summed E-state index contributed by atoms with van der Waals surface area (Å²) in [7, 11) is 0. The maximum Gasteiger partial charge on any atom is 0.276 e. The summed E-state index contributed by atoms with van der Waals surface area (Å²) in [6.45, 7) is 3.40. The minimum Gasteiger partial charge on any atom is -0.396 e. The van der Waals surface area contributed by atoms with Gasteiger partial charge in [0.05, 0.1) is 11.4 Å². The number of rotatable bonds is 3. The van der Waals surface area contributed by atoms with Gasteiger partial charge >= 0.3 is 0 Å². The van der Waals surface area contributed by atoms with Crippen molar-refractivity contribution in [2.24, 2.45) is 5.92 Å². The fraction of sp³-hybridized carbons (Fsp3) is 0.667. The Morgan fingerprint density at radius 1 is 1.67 bits per heavy atom. The molecule has 1 saturated heterocycles. The van der Waals surface area contributed by atoms with Crippen LogP contribution >= 0.6 is 0 Å². The van der Waals surface area contributed by atoms with Gasteiger partial charge in [0.25, 0.3) is 5.91 Å². The van der Waals surface area contributed by atoms with Crippen molar-refractivity contribution in [2.75, 3.05) is 25.4 Å². The van der Waals surface area contributed by atoms with Gasteiger partial charge in [-0.2, -0.15) is 5.10 Å². The number of carbonyl (C=O) groups is 1. The highest BCUT2D eigenvalue weighted by molar-refractivity contribution is 5.97. The van der Waals surface area contributed by atoms with Gasteiger partial charge in [0.2, 0.25) is 0 Å². The molecule has 6 nitrogen and oxygen atoms in total. The molecule has 0 aliphatic carbocycles. The molecule has 2 rings (SSSR count). The maximum atomic E-state index is 12.3. The number of likely N-dealkylation sites (tertiary alicyclic amines) is 1. The van der Waals surface area contributed by atoms with Crippen molar-refractivity contribution in [3.05, 3.63) is 11.4 Å². The molecule has 4 N–H and O–H groups in total. The number of nitrogens with two attached hydrogens (primary N) is 1. The van der Waals surface area contributed by atoms with Crippen molar-refractivity contribution in [1.29, 1.82) is 0 Å². The van der Waals surface area contributed by atoms with Crippen LogP contribution in [0.15, 0.2) is 0 Å². The second-order valence-corrected chi connectivity index (χ2v) is 4.88. The minimum absolute atomic E-state index is 0.112. The largest absolute Gasteiger partial charge is 0.396 e. The van der Waals surface area contributed by atoms with Crippen LogP contribution in [0.2, 0.25) is 0 Å². The van der Waals surface area contributed by atoms with E-state index in [9.17, 15) is 4.79 Å².